The normalized spacial score (nSPS) is 10.8. The van der Waals surface area contributed by atoms with Crippen LogP contribution >= 0.6 is 0 Å². The molecule has 0 saturated heterocycles. The van der Waals surface area contributed by atoms with E-state index in [1.165, 1.54) is 0 Å². The van der Waals surface area contributed by atoms with Gasteiger partial charge in [0.2, 0.25) is 11.8 Å². The summed E-state index contributed by atoms with van der Waals surface area (Å²) >= 11 is 0. The third-order valence-corrected chi connectivity index (χ3v) is 5.58. The zero-order chi connectivity index (χ0) is 25.7. The van der Waals surface area contributed by atoms with Crippen LogP contribution in [0.5, 0.6) is 17.4 Å². The molecule has 0 radical (unpaired) electrons. The van der Waals surface area contributed by atoms with Crippen LogP contribution in [0.4, 0.5) is 0 Å². The highest BCUT2D eigenvalue weighted by atomic mass is 16.5. The van der Waals surface area contributed by atoms with Gasteiger partial charge in [-0.3, -0.25) is 4.79 Å². The Morgan fingerprint density at radius 3 is 2.36 bits per heavy atom. The van der Waals surface area contributed by atoms with E-state index >= 15 is 0 Å². The van der Waals surface area contributed by atoms with Crippen LogP contribution < -0.4 is 14.8 Å². The molecule has 3 aromatic heterocycles. The molecule has 0 unspecified atom stereocenters. The van der Waals surface area contributed by atoms with Gasteiger partial charge in [0.15, 0.2) is 0 Å². The maximum Gasteiger partial charge on any atom is 0.251 e. The Hall–Kier alpha value is -4.27. The lowest BCUT2D eigenvalue weighted by atomic mass is 10.1. The third kappa shape index (κ3) is 6.04. The Bertz CT molecular complexity index is 1340. The van der Waals surface area contributed by atoms with Gasteiger partial charge < -0.3 is 14.8 Å². The van der Waals surface area contributed by atoms with Crippen LogP contribution in [-0.2, 0) is 17.8 Å². The van der Waals surface area contributed by atoms with Crippen molar-refractivity contribution in [2.45, 2.75) is 47.6 Å². The summed E-state index contributed by atoms with van der Waals surface area (Å²) in [5.74, 6) is 2.30. The number of aromatic nitrogens is 5. The van der Waals surface area contributed by atoms with Crippen molar-refractivity contribution in [1.82, 2.24) is 30.0 Å². The first-order valence-electron chi connectivity index (χ1n) is 11.8. The Kier molecular flexibility index (Phi) is 7.58. The minimum absolute atomic E-state index is 0.104. The topological polar surface area (TPSA) is 104 Å². The zero-order valence-corrected chi connectivity index (χ0v) is 21.2. The summed E-state index contributed by atoms with van der Waals surface area (Å²) in [5.41, 5.74) is 5.11. The summed E-state index contributed by atoms with van der Waals surface area (Å²) in [6, 6.07) is 12.9. The molecule has 4 aromatic rings. The number of nitrogens with zero attached hydrogens (tertiary/aromatic N) is 5. The van der Waals surface area contributed by atoms with E-state index in [2.05, 4.69) is 25.4 Å². The number of pyridine rings is 1. The second-order valence-electron chi connectivity index (χ2n) is 8.47. The number of carbonyl (C=O) groups is 1. The summed E-state index contributed by atoms with van der Waals surface area (Å²) in [7, 11) is 0. The Morgan fingerprint density at radius 1 is 0.972 bits per heavy atom. The average molecular weight is 487 g/mol. The van der Waals surface area contributed by atoms with Crippen LogP contribution in [0.25, 0.3) is 5.95 Å². The molecule has 1 amide bonds. The molecule has 3 heterocycles. The van der Waals surface area contributed by atoms with E-state index in [4.69, 9.17) is 9.47 Å². The van der Waals surface area contributed by atoms with Gasteiger partial charge in [-0.2, -0.15) is 5.10 Å². The van der Waals surface area contributed by atoms with E-state index in [9.17, 15) is 4.79 Å². The first-order valence-corrected chi connectivity index (χ1v) is 11.8. The summed E-state index contributed by atoms with van der Waals surface area (Å²) in [5, 5.41) is 7.55. The molecule has 0 bridgehead atoms. The van der Waals surface area contributed by atoms with E-state index in [-0.39, 0.29) is 12.3 Å². The molecule has 36 heavy (non-hydrogen) atoms. The number of hydrogen-bond donors (Lipinski definition) is 1. The number of amides is 1. The number of hydrogen-bond acceptors (Lipinski definition) is 7. The first-order chi connectivity index (χ1) is 17.3. The largest absolute Gasteiger partial charge is 0.494 e. The smallest absolute Gasteiger partial charge is 0.251 e. The average Bonchev–Trinajstić information content (AvgIpc) is 3.12. The summed E-state index contributed by atoms with van der Waals surface area (Å²) < 4.78 is 13.0. The quantitative estimate of drug-likeness (QED) is 0.375. The predicted octanol–water partition coefficient (Wildman–Crippen LogP) is 4.34. The lowest BCUT2D eigenvalue weighted by molar-refractivity contribution is -0.120. The van der Waals surface area contributed by atoms with Gasteiger partial charge >= 0.3 is 0 Å². The van der Waals surface area contributed by atoms with E-state index in [1.807, 2.05) is 77.1 Å². The van der Waals surface area contributed by atoms with Crippen molar-refractivity contribution in [3.05, 3.63) is 82.6 Å². The van der Waals surface area contributed by atoms with E-state index in [1.54, 1.807) is 10.9 Å². The Morgan fingerprint density at radius 2 is 1.67 bits per heavy atom. The van der Waals surface area contributed by atoms with Crippen LogP contribution in [0.2, 0.25) is 0 Å². The van der Waals surface area contributed by atoms with Crippen LogP contribution in [-0.4, -0.2) is 37.2 Å². The molecular formula is C27H30N6O3. The van der Waals surface area contributed by atoms with Crippen LogP contribution in [0.3, 0.4) is 0 Å². The molecule has 186 valence electrons. The van der Waals surface area contributed by atoms with Gasteiger partial charge in [0, 0.05) is 41.5 Å². The van der Waals surface area contributed by atoms with Crippen LogP contribution in [0.15, 0.2) is 48.7 Å². The SMILES string of the molecule is CCOc1ccc(Oc2cc(CNC(=O)Cc3c(C)nn(-c4nc(C)cc(C)n4)c3C)ccn2)cc1. The second-order valence-corrected chi connectivity index (χ2v) is 8.47. The number of rotatable bonds is 9. The number of benzene rings is 1. The molecule has 0 fully saturated rings. The van der Waals surface area contributed by atoms with Crippen molar-refractivity contribution in [3.63, 3.8) is 0 Å². The van der Waals surface area contributed by atoms with E-state index < -0.39 is 0 Å². The molecule has 1 aromatic carbocycles. The maximum atomic E-state index is 12.8. The highest BCUT2D eigenvalue weighted by molar-refractivity contribution is 5.79. The molecular weight excluding hydrogens is 456 g/mol. The molecule has 0 spiro atoms. The minimum Gasteiger partial charge on any atom is -0.494 e. The lowest BCUT2D eigenvalue weighted by Crippen LogP contribution is -2.25. The Labute approximate surface area is 210 Å². The van der Waals surface area contributed by atoms with Gasteiger partial charge in [0.05, 0.1) is 18.7 Å². The standard InChI is InChI=1S/C27H30N6O3/c1-6-35-22-7-9-23(10-8-22)36-26-14-21(11-12-28-26)16-29-25(34)15-24-19(4)32-33(20(24)5)27-30-17(2)13-18(3)31-27/h7-14H,6,15-16H2,1-5H3,(H,29,34). The van der Waals surface area contributed by atoms with Crippen molar-refractivity contribution in [2.24, 2.45) is 0 Å². The maximum absolute atomic E-state index is 12.8. The summed E-state index contributed by atoms with van der Waals surface area (Å²) in [6.45, 7) is 10.6. The zero-order valence-electron chi connectivity index (χ0n) is 21.2. The van der Waals surface area contributed by atoms with Crippen molar-refractivity contribution in [2.75, 3.05) is 6.61 Å². The Balaban J connectivity index is 1.38. The van der Waals surface area contributed by atoms with Crippen molar-refractivity contribution in [1.29, 1.82) is 0 Å². The summed E-state index contributed by atoms with van der Waals surface area (Å²) in [4.78, 5) is 26.0. The fraction of sp³-hybridized carbons (Fsp3) is 0.296. The van der Waals surface area contributed by atoms with Gasteiger partial charge in [-0.1, -0.05) is 0 Å². The van der Waals surface area contributed by atoms with Gasteiger partial charge in [-0.05, 0) is 76.6 Å². The van der Waals surface area contributed by atoms with Crippen molar-refractivity contribution < 1.29 is 14.3 Å². The molecule has 0 atom stereocenters. The first kappa shape index (κ1) is 24.8. The van der Waals surface area contributed by atoms with Gasteiger partial charge in [-0.25, -0.2) is 19.6 Å². The lowest BCUT2D eigenvalue weighted by Gasteiger charge is -2.09. The molecule has 0 aliphatic carbocycles. The van der Waals surface area contributed by atoms with Gasteiger partial charge in [0.25, 0.3) is 5.95 Å². The van der Waals surface area contributed by atoms with E-state index in [0.29, 0.717) is 30.7 Å². The number of carbonyl (C=O) groups excluding carboxylic acids is 1. The molecule has 0 saturated carbocycles. The highest BCUT2D eigenvalue weighted by Crippen LogP contribution is 2.23. The third-order valence-electron chi connectivity index (χ3n) is 5.58. The second kappa shape index (κ2) is 11.0. The van der Waals surface area contributed by atoms with Crippen LogP contribution in [0.1, 0.15) is 40.8 Å². The molecule has 4 rings (SSSR count). The van der Waals surface area contributed by atoms with Gasteiger partial charge in [-0.15, -0.1) is 0 Å². The number of aryl methyl sites for hydroxylation is 3. The fourth-order valence-corrected chi connectivity index (χ4v) is 3.86. The molecule has 9 nitrogen and oxygen atoms in total. The number of ether oxygens (including phenoxy) is 2. The summed E-state index contributed by atoms with van der Waals surface area (Å²) in [6.07, 6.45) is 1.87. The minimum atomic E-state index is -0.104. The van der Waals surface area contributed by atoms with Crippen molar-refractivity contribution in [3.8, 4) is 23.3 Å². The molecule has 9 heteroatoms. The predicted molar refractivity (Wildman–Crippen MR) is 136 cm³/mol. The highest BCUT2D eigenvalue weighted by Gasteiger charge is 2.17. The molecule has 1 N–H and O–H groups in total. The molecule has 0 aliphatic heterocycles. The van der Waals surface area contributed by atoms with Crippen LogP contribution in [0, 0.1) is 27.7 Å². The van der Waals surface area contributed by atoms with E-state index in [0.717, 1.165) is 39.7 Å². The fourth-order valence-electron chi connectivity index (χ4n) is 3.86. The monoisotopic (exact) mass is 486 g/mol. The number of nitrogens with one attached hydrogen (secondary N) is 1. The molecule has 0 aliphatic rings. The van der Waals surface area contributed by atoms with Gasteiger partial charge in [0.1, 0.15) is 11.5 Å². The van der Waals surface area contributed by atoms with Crippen molar-refractivity contribution >= 4 is 5.91 Å².